The maximum atomic E-state index is 13.1. The average Bonchev–Trinajstić information content (AvgIpc) is 3.20. The maximum absolute atomic E-state index is 13.1. The number of aromatic nitrogens is 5. The fourth-order valence-corrected chi connectivity index (χ4v) is 4.81. The Morgan fingerprint density at radius 2 is 2.12 bits per heavy atom. The van der Waals surface area contributed by atoms with E-state index in [0.29, 0.717) is 17.7 Å². The fraction of sp³-hybridized carbons (Fsp3) is 0.545. The average molecular weight is 436 g/mol. The van der Waals surface area contributed by atoms with E-state index in [2.05, 4.69) is 32.2 Å². The molecule has 10 nitrogen and oxygen atoms in total. The van der Waals surface area contributed by atoms with Crippen molar-refractivity contribution < 1.29 is 4.79 Å². The lowest BCUT2D eigenvalue weighted by Gasteiger charge is -2.28. The van der Waals surface area contributed by atoms with Crippen LogP contribution in [-0.4, -0.2) is 62.4 Å². The number of amides is 1. The van der Waals surface area contributed by atoms with E-state index < -0.39 is 0 Å². The van der Waals surface area contributed by atoms with Gasteiger partial charge in [0.05, 0.1) is 0 Å². The van der Waals surface area contributed by atoms with Crippen LogP contribution < -0.4 is 20.9 Å². The van der Waals surface area contributed by atoms with Gasteiger partial charge in [0.15, 0.2) is 11.6 Å². The van der Waals surface area contributed by atoms with Crippen molar-refractivity contribution in [3.05, 3.63) is 30.1 Å². The topological polar surface area (TPSA) is 115 Å². The van der Waals surface area contributed by atoms with Crippen LogP contribution in [0.25, 0.3) is 5.52 Å². The van der Waals surface area contributed by atoms with E-state index in [9.17, 15) is 4.79 Å². The summed E-state index contributed by atoms with van der Waals surface area (Å²) in [5.41, 5.74) is 2.04. The first-order valence-electron chi connectivity index (χ1n) is 11.7. The number of nitrogens with zero attached hydrogens (tertiary/aromatic N) is 5. The van der Waals surface area contributed by atoms with Crippen LogP contribution in [0.1, 0.15) is 50.1 Å². The highest BCUT2D eigenvalue weighted by molar-refractivity contribution is 5.86. The molecule has 3 aliphatic rings. The number of rotatable bonds is 6. The van der Waals surface area contributed by atoms with Crippen LogP contribution in [0.3, 0.4) is 0 Å². The number of fused-ring (bicyclic) bond motifs is 1. The molecule has 2 saturated heterocycles. The third-order valence-electron chi connectivity index (χ3n) is 6.70. The summed E-state index contributed by atoms with van der Waals surface area (Å²) in [5.74, 6) is 2.68. The normalized spacial score (nSPS) is 23.6. The van der Waals surface area contributed by atoms with Crippen molar-refractivity contribution >= 4 is 29.0 Å². The highest BCUT2D eigenvalue weighted by atomic mass is 16.2. The maximum Gasteiger partial charge on any atom is 0.246 e. The molecule has 1 unspecified atom stereocenters. The third-order valence-corrected chi connectivity index (χ3v) is 6.70. The minimum absolute atomic E-state index is 0.0725. The zero-order valence-electron chi connectivity index (χ0n) is 18.0. The van der Waals surface area contributed by atoms with E-state index in [0.717, 1.165) is 56.7 Å². The van der Waals surface area contributed by atoms with E-state index in [1.165, 1.54) is 18.5 Å². The SMILES string of the molecule is O=C(N[C@H]1CCCNC1)C1CCCN1c1nc(Nc2cc(C3CC3)[nH]n2)c2cccn2n1. The van der Waals surface area contributed by atoms with E-state index in [-0.39, 0.29) is 18.0 Å². The highest BCUT2D eigenvalue weighted by Gasteiger charge is 2.34. The fourth-order valence-electron chi connectivity index (χ4n) is 4.81. The summed E-state index contributed by atoms with van der Waals surface area (Å²) < 4.78 is 1.82. The Balaban J connectivity index is 1.25. The molecule has 32 heavy (non-hydrogen) atoms. The van der Waals surface area contributed by atoms with Crippen molar-refractivity contribution in [1.29, 1.82) is 0 Å². The van der Waals surface area contributed by atoms with Crippen LogP contribution in [0, 0.1) is 0 Å². The summed E-state index contributed by atoms with van der Waals surface area (Å²) >= 11 is 0. The van der Waals surface area contributed by atoms with E-state index >= 15 is 0 Å². The molecule has 2 atom stereocenters. The summed E-state index contributed by atoms with van der Waals surface area (Å²) in [4.78, 5) is 20.0. The van der Waals surface area contributed by atoms with Gasteiger partial charge >= 0.3 is 0 Å². The second-order valence-electron chi connectivity index (χ2n) is 9.11. The molecule has 1 saturated carbocycles. The summed E-state index contributed by atoms with van der Waals surface area (Å²) in [5, 5.41) is 22.2. The molecule has 3 fully saturated rings. The van der Waals surface area contributed by atoms with Crippen molar-refractivity contribution in [2.24, 2.45) is 0 Å². The number of hydrogen-bond acceptors (Lipinski definition) is 7. The first kappa shape index (κ1) is 19.5. The van der Waals surface area contributed by atoms with Crippen molar-refractivity contribution in [1.82, 2.24) is 35.4 Å². The van der Waals surface area contributed by atoms with Crippen molar-refractivity contribution in [2.75, 3.05) is 29.9 Å². The quantitative estimate of drug-likeness (QED) is 0.467. The van der Waals surface area contributed by atoms with Gasteiger partial charge in [-0.3, -0.25) is 9.89 Å². The third kappa shape index (κ3) is 3.79. The number of carbonyl (C=O) groups excluding carboxylic acids is 1. The van der Waals surface area contributed by atoms with Gasteiger partial charge in [-0.1, -0.05) is 0 Å². The van der Waals surface area contributed by atoms with Gasteiger partial charge in [0.2, 0.25) is 11.9 Å². The Morgan fingerprint density at radius 3 is 2.97 bits per heavy atom. The Hall–Kier alpha value is -3.14. The van der Waals surface area contributed by atoms with Crippen molar-refractivity contribution in [3.8, 4) is 0 Å². The van der Waals surface area contributed by atoms with Crippen LogP contribution in [0.2, 0.25) is 0 Å². The summed E-state index contributed by atoms with van der Waals surface area (Å²) in [6.07, 6.45) is 8.22. The Kier molecular flexibility index (Phi) is 4.94. The molecule has 3 aromatic rings. The van der Waals surface area contributed by atoms with Gasteiger partial charge in [0.25, 0.3) is 0 Å². The lowest BCUT2D eigenvalue weighted by molar-refractivity contribution is -0.123. The minimum Gasteiger partial charge on any atom is -0.350 e. The second-order valence-corrected chi connectivity index (χ2v) is 9.11. The van der Waals surface area contributed by atoms with E-state index in [1.807, 2.05) is 27.7 Å². The minimum atomic E-state index is -0.246. The second kappa shape index (κ2) is 8.09. The Labute approximate surface area is 186 Å². The highest BCUT2D eigenvalue weighted by Crippen LogP contribution is 2.39. The van der Waals surface area contributed by atoms with Crippen LogP contribution in [0.5, 0.6) is 0 Å². The molecule has 1 amide bonds. The molecule has 1 aliphatic carbocycles. The molecular weight excluding hydrogens is 406 g/mol. The molecule has 0 radical (unpaired) electrons. The van der Waals surface area contributed by atoms with Gasteiger partial charge < -0.3 is 20.9 Å². The Bertz CT molecular complexity index is 1110. The van der Waals surface area contributed by atoms with E-state index in [4.69, 9.17) is 10.1 Å². The number of anilines is 3. The van der Waals surface area contributed by atoms with Crippen molar-refractivity contribution in [2.45, 2.75) is 56.5 Å². The number of nitrogens with one attached hydrogen (secondary N) is 4. The molecule has 2 aliphatic heterocycles. The number of piperidine rings is 1. The number of aromatic amines is 1. The standard InChI is InChI=1S/C22H29N9O/c32-21(24-15-4-1-9-23-13-15)18-6-2-10-30(18)22-26-20(17-5-3-11-31(17)29-22)25-19-12-16(27-28-19)14-7-8-14/h3,5,11-12,14-15,18,23H,1-2,4,6-10,13H2,(H,24,32)(H2,25,26,27,28,29)/t15-,18?/m0/s1. The van der Waals surface area contributed by atoms with Gasteiger partial charge in [-0.05, 0) is 57.2 Å². The number of H-pyrrole nitrogens is 1. The van der Waals surface area contributed by atoms with Crippen LogP contribution >= 0.6 is 0 Å². The predicted octanol–water partition coefficient (Wildman–Crippen LogP) is 1.91. The first-order valence-corrected chi connectivity index (χ1v) is 11.7. The molecule has 3 aromatic heterocycles. The van der Waals surface area contributed by atoms with Gasteiger partial charge in [-0.15, -0.1) is 5.10 Å². The van der Waals surface area contributed by atoms with Crippen LogP contribution in [0.15, 0.2) is 24.4 Å². The number of hydrogen-bond donors (Lipinski definition) is 4. The molecule has 6 rings (SSSR count). The van der Waals surface area contributed by atoms with Gasteiger partial charge in [0, 0.05) is 43.0 Å². The molecule has 10 heteroatoms. The molecule has 168 valence electrons. The monoisotopic (exact) mass is 435 g/mol. The van der Waals surface area contributed by atoms with Crippen LogP contribution in [0.4, 0.5) is 17.6 Å². The van der Waals surface area contributed by atoms with Gasteiger partial charge in [-0.25, -0.2) is 4.52 Å². The molecule has 5 heterocycles. The molecule has 0 aromatic carbocycles. The predicted molar refractivity (Wildman–Crippen MR) is 121 cm³/mol. The van der Waals surface area contributed by atoms with Crippen molar-refractivity contribution in [3.63, 3.8) is 0 Å². The Morgan fingerprint density at radius 1 is 1.19 bits per heavy atom. The molecule has 0 spiro atoms. The van der Waals surface area contributed by atoms with Gasteiger partial charge in [-0.2, -0.15) is 10.1 Å². The smallest absolute Gasteiger partial charge is 0.246 e. The summed E-state index contributed by atoms with van der Waals surface area (Å²) in [6.45, 7) is 2.63. The largest absolute Gasteiger partial charge is 0.350 e. The van der Waals surface area contributed by atoms with Crippen LogP contribution in [-0.2, 0) is 4.79 Å². The van der Waals surface area contributed by atoms with E-state index in [1.54, 1.807) is 0 Å². The lowest BCUT2D eigenvalue weighted by Crippen LogP contribution is -2.51. The zero-order valence-corrected chi connectivity index (χ0v) is 18.0. The molecule has 0 bridgehead atoms. The molecule has 4 N–H and O–H groups in total. The first-order chi connectivity index (χ1) is 15.7. The zero-order chi connectivity index (χ0) is 21.5. The van der Waals surface area contributed by atoms with Gasteiger partial charge in [0.1, 0.15) is 11.6 Å². The summed E-state index contributed by atoms with van der Waals surface area (Å²) in [7, 11) is 0. The molecular formula is C22H29N9O. The summed E-state index contributed by atoms with van der Waals surface area (Å²) in [6, 6.07) is 5.94. The number of carbonyl (C=O) groups is 1. The lowest BCUT2D eigenvalue weighted by atomic mass is 10.1.